The average Bonchev–Trinajstić information content (AvgIpc) is 2.29. The summed E-state index contributed by atoms with van der Waals surface area (Å²) in [4.78, 5) is 26.6. The molecule has 0 aromatic carbocycles. The predicted molar refractivity (Wildman–Crippen MR) is 64.3 cm³/mol. The number of hydrogen-bond acceptors (Lipinski definition) is 5. The quantitative estimate of drug-likeness (QED) is 0.622. The molecule has 2 heterocycles. The molecule has 7 nitrogen and oxygen atoms in total. The number of H-pyrrole nitrogens is 2. The van der Waals surface area contributed by atoms with Gasteiger partial charge in [0.1, 0.15) is 0 Å². The molecule has 0 saturated carbocycles. The van der Waals surface area contributed by atoms with Gasteiger partial charge in [-0.05, 0) is 32.4 Å². The van der Waals surface area contributed by atoms with Gasteiger partial charge in [-0.3, -0.25) is 9.78 Å². The summed E-state index contributed by atoms with van der Waals surface area (Å²) in [5.74, 6) is 0.826. The Labute approximate surface area is 98.2 Å². The first-order valence-electron chi connectivity index (χ1n) is 5.79. The number of aromatic amines is 2. The van der Waals surface area contributed by atoms with Crippen LogP contribution in [0, 0.1) is 5.92 Å². The van der Waals surface area contributed by atoms with Crippen LogP contribution in [0.2, 0.25) is 0 Å². The van der Waals surface area contributed by atoms with E-state index in [9.17, 15) is 9.59 Å². The van der Waals surface area contributed by atoms with E-state index in [1.165, 1.54) is 0 Å². The lowest BCUT2D eigenvalue weighted by molar-refractivity contribution is 0.399. The summed E-state index contributed by atoms with van der Waals surface area (Å²) < 4.78 is 0. The molecule has 2 rings (SSSR count). The Morgan fingerprint density at radius 1 is 1.53 bits per heavy atom. The molecule has 1 saturated heterocycles. The molecule has 7 heteroatoms. The van der Waals surface area contributed by atoms with Crippen molar-refractivity contribution >= 4 is 5.82 Å². The minimum atomic E-state index is -0.567. The molecular weight excluding hydrogens is 222 g/mol. The Morgan fingerprint density at radius 3 is 3.06 bits per heavy atom. The topological polar surface area (TPSA) is 93.9 Å². The van der Waals surface area contributed by atoms with E-state index in [0.29, 0.717) is 11.7 Å². The van der Waals surface area contributed by atoms with Crippen molar-refractivity contribution in [1.82, 2.24) is 20.5 Å². The zero-order valence-electron chi connectivity index (χ0n) is 9.82. The van der Waals surface area contributed by atoms with Gasteiger partial charge in [0, 0.05) is 13.1 Å². The third-order valence-corrected chi connectivity index (χ3v) is 3.00. The highest BCUT2D eigenvalue weighted by Gasteiger charge is 2.22. The lowest BCUT2D eigenvalue weighted by Crippen LogP contribution is -2.43. The smallest absolute Gasteiger partial charge is 0.342 e. The third-order valence-electron chi connectivity index (χ3n) is 3.00. The maximum absolute atomic E-state index is 11.6. The van der Waals surface area contributed by atoms with Gasteiger partial charge in [-0.2, -0.15) is 0 Å². The predicted octanol–water partition coefficient (Wildman–Crippen LogP) is -1.11. The molecule has 94 valence electrons. The SMILES string of the molecule is CNCC1CCCN(c2n[nH]c(=O)[nH]c2=O)C1. The average molecular weight is 239 g/mol. The van der Waals surface area contributed by atoms with Crippen LogP contribution in [0.4, 0.5) is 5.82 Å². The second-order valence-corrected chi connectivity index (χ2v) is 4.34. The number of hydrogen-bond donors (Lipinski definition) is 3. The first-order chi connectivity index (χ1) is 8.20. The number of aromatic nitrogens is 3. The first kappa shape index (κ1) is 11.8. The fourth-order valence-corrected chi connectivity index (χ4v) is 2.27. The number of anilines is 1. The van der Waals surface area contributed by atoms with Gasteiger partial charge >= 0.3 is 5.69 Å². The highest BCUT2D eigenvalue weighted by Crippen LogP contribution is 2.17. The molecule has 0 bridgehead atoms. The number of nitrogens with one attached hydrogen (secondary N) is 3. The Hall–Kier alpha value is -1.63. The monoisotopic (exact) mass is 239 g/mol. The molecule has 17 heavy (non-hydrogen) atoms. The van der Waals surface area contributed by atoms with Crippen LogP contribution in [-0.2, 0) is 0 Å². The van der Waals surface area contributed by atoms with Crippen LogP contribution in [0.25, 0.3) is 0 Å². The van der Waals surface area contributed by atoms with Crippen molar-refractivity contribution in [2.24, 2.45) is 5.92 Å². The number of piperidine rings is 1. The first-order valence-corrected chi connectivity index (χ1v) is 5.79. The summed E-state index contributed by atoms with van der Waals surface area (Å²) in [5, 5.41) is 9.23. The van der Waals surface area contributed by atoms with E-state index in [1.807, 2.05) is 11.9 Å². The van der Waals surface area contributed by atoms with Gasteiger partial charge in [0.25, 0.3) is 5.56 Å². The van der Waals surface area contributed by atoms with Crippen molar-refractivity contribution in [3.63, 3.8) is 0 Å². The van der Waals surface area contributed by atoms with Crippen LogP contribution in [0.1, 0.15) is 12.8 Å². The van der Waals surface area contributed by atoms with E-state index in [2.05, 4.69) is 20.5 Å². The van der Waals surface area contributed by atoms with Crippen LogP contribution in [0.15, 0.2) is 9.59 Å². The molecule has 1 aromatic heterocycles. The maximum atomic E-state index is 11.6. The summed E-state index contributed by atoms with van der Waals surface area (Å²) in [6, 6.07) is 0. The number of rotatable bonds is 3. The minimum absolute atomic E-state index is 0.311. The number of nitrogens with zero attached hydrogens (tertiary/aromatic N) is 2. The fourth-order valence-electron chi connectivity index (χ4n) is 2.27. The van der Waals surface area contributed by atoms with E-state index in [0.717, 1.165) is 32.5 Å². The molecule has 0 radical (unpaired) electrons. The standard InChI is InChI=1S/C10H17N5O2/c1-11-5-7-3-2-4-15(6-7)8-9(16)12-10(17)14-13-8/h7,11H,2-6H2,1H3,(H2,12,14,16,17). The van der Waals surface area contributed by atoms with Crippen LogP contribution in [0.3, 0.4) is 0 Å². The normalized spacial score (nSPS) is 20.5. The zero-order chi connectivity index (χ0) is 12.3. The minimum Gasteiger partial charge on any atom is -0.350 e. The molecule has 0 spiro atoms. The lowest BCUT2D eigenvalue weighted by Gasteiger charge is -2.32. The molecule has 1 aromatic rings. The zero-order valence-corrected chi connectivity index (χ0v) is 9.82. The van der Waals surface area contributed by atoms with Crippen molar-refractivity contribution in [3.8, 4) is 0 Å². The van der Waals surface area contributed by atoms with Gasteiger partial charge in [0.05, 0.1) is 0 Å². The molecule has 0 amide bonds. The van der Waals surface area contributed by atoms with Crippen LogP contribution >= 0.6 is 0 Å². The van der Waals surface area contributed by atoms with Crippen molar-refractivity contribution < 1.29 is 0 Å². The van der Waals surface area contributed by atoms with Crippen molar-refractivity contribution in [1.29, 1.82) is 0 Å². The highest BCUT2D eigenvalue weighted by molar-refractivity contribution is 5.34. The fraction of sp³-hybridized carbons (Fsp3) is 0.700. The molecule has 3 N–H and O–H groups in total. The second kappa shape index (κ2) is 5.13. The lowest BCUT2D eigenvalue weighted by atomic mass is 9.98. The second-order valence-electron chi connectivity index (χ2n) is 4.34. The van der Waals surface area contributed by atoms with Crippen molar-refractivity contribution in [2.45, 2.75) is 12.8 Å². The van der Waals surface area contributed by atoms with Crippen molar-refractivity contribution in [3.05, 3.63) is 20.8 Å². The van der Waals surface area contributed by atoms with Gasteiger partial charge in [0.15, 0.2) is 0 Å². The molecule has 1 aliphatic rings. The Bertz CT molecular complexity index is 478. The summed E-state index contributed by atoms with van der Waals surface area (Å²) in [5.41, 5.74) is -0.985. The van der Waals surface area contributed by atoms with E-state index in [4.69, 9.17) is 0 Å². The Morgan fingerprint density at radius 2 is 2.35 bits per heavy atom. The van der Waals surface area contributed by atoms with Crippen molar-refractivity contribution in [2.75, 3.05) is 31.6 Å². The maximum Gasteiger partial charge on any atom is 0.342 e. The molecule has 1 atom stereocenters. The Balaban J connectivity index is 2.16. The van der Waals surface area contributed by atoms with E-state index < -0.39 is 11.2 Å². The van der Waals surface area contributed by atoms with Gasteiger partial charge in [-0.25, -0.2) is 9.89 Å². The van der Waals surface area contributed by atoms with E-state index in [-0.39, 0.29) is 0 Å². The largest absolute Gasteiger partial charge is 0.350 e. The van der Waals surface area contributed by atoms with Crippen LogP contribution < -0.4 is 21.5 Å². The summed E-state index contributed by atoms with van der Waals surface area (Å²) in [7, 11) is 1.92. The van der Waals surface area contributed by atoms with Gasteiger partial charge in [-0.1, -0.05) is 0 Å². The van der Waals surface area contributed by atoms with E-state index >= 15 is 0 Å². The molecule has 1 aliphatic heterocycles. The summed E-state index contributed by atoms with van der Waals surface area (Å²) in [6.45, 7) is 2.53. The van der Waals surface area contributed by atoms with Gasteiger partial charge in [-0.15, -0.1) is 5.10 Å². The third kappa shape index (κ3) is 2.73. The summed E-state index contributed by atoms with van der Waals surface area (Å²) >= 11 is 0. The summed E-state index contributed by atoms with van der Waals surface area (Å²) in [6.07, 6.45) is 2.19. The molecule has 1 fully saturated rings. The molecule has 0 aliphatic carbocycles. The van der Waals surface area contributed by atoms with E-state index in [1.54, 1.807) is 0 Å². The molecular formula is C10H17N5O2. The van der Waals surface area contributed by atoms with Crippen LogP contribution in [-0.4, -0.2) is 41.9 Å². The molecule has 1 unspecified atom stereocenters. The Kier molecular flexibility index (Phi) is 3.58. The van der Waals surface area contributed by atoms with Gasteiger partial charge < -0.3 is 10.2 Å². The van der Waals surface area contributed by atoms with Gasteiger partial charge in [0.2, 0.25) is 5.82 Å². The highest BCUT2D eigenvalue weighted by atomic mass is 16.2. The van der Waals surface area contributed by atoms with Crippen LogP contribution in [0.5, 0.6) is 0 Å².